The number of rotatable bonds is 6. The van der Waals surface area contributed by atoms with Gasteiger partial charge in [-0.3, -0.25) is 4.79 Å². The first-order valence-electron chi connectivity index (χ1n) is 7.19. The van der Waals surface area contributed by atoms with Crippen LogP contribution in [0.4, 0.5) is 10.1 Å². The number of carbonyl (C=O) groups is 1. The largest absolute Gasteiger partial charge is 0.495 e. The molecule has 0 aliphatic rings. The SMILES string of the molecule is COc1cc(OC)c(NC(=O)C(C)Oc2ccc(F)cc2Br)cc1Cl. The van der Waals surface area contributed by atoms with Crippen LogP contribution in [0.2, 0.25) is 5.02 Å². The van der Waals surface area contributed by atoms with Gasteiger partial charge in [-0.05, 0) is 47.1 Å². The maximum Gasteiger partial charge on any atom is 0.265 e. The van der Waals surface area contributed by atoms with Crippen LogP contribution < -0.4 is 19.5 Å². The highest BCUT2D eigenvalue weighted by Gasteiger charge is 2.19. The van der Waals surface area contributed by atoms with Gasteiger partial charge in [-0.25, -0.2) is 4.39 Å². The van der Waals surface area contributed by atoms with E-state index in [1.807, 2.05) is 0 Å². The van der Waals surface area contributed by atoms with Crippen molar-refractivity contribution in [2.75, 3.05) is 19.5 Å². The molecule has 0 heterocycles. The molecule has 2 rings (SSSR count). The first-order chi connectivity index (χ1) is 11.8. The van der Waals surface area contributed by atoms with Crippen molar-refractivity contribution < 1.29 is 23.4 Å². The normalized spacial score (nSPS) is 11.6. The van der Waals surface area contributed by atoms with Crippen LogP contribution in [0.1, 0.15) is 6.92 Å². The Kier molecular flexibility index (Phi) is 6.50. The Balaban J connectivity index is 2.14. The van der Waals surface area contributed by atoms with E-state index in [-0.39, 0.29) is 0 Å². The molecule has 0 fully saturated rings. The van der Waals surface area contributed by atoms with Gasteiger partial charge in [0.15, 0.2) is 6.10 Å². The van der Waals surface area contributed by atoms with E-state index in [1.54, 1.807) is 13.0 Å². The number of carbonyl (C=O) groups excluding carboxylic acids is 1. The van der Waals surface area contributed by atoms with Crippen LogP contribution in [0.25, 0.3) is 0 Å². The second-order valence-corrected chi connectivity index (χ2v) is 6.27. The number of hydrogen-bond donors (Lipinski definition) is 1. The lowest BCUT2D eigenvalue weighted by Gasteiger charge is -2.17. The van der Waals surface area contributed by atoms with Gasteiger partial charge >= 0.3 is 0 Å². The minimum absolute atomic E-state index is 0.327. The van der Waals surface area contributed by atoms with Crippen molar-refractivity contribution >= 4 is 39.1 Å². The average Bonchev–Trinajstić information content (AvgIpc) is 2.57. The number of halogens is 3. The van der Waals surface area contributed by atoms with Gasteiger partial charge in [-0.15, -0.1) is 0 Å². The lowest BCUT2D eigenvalue weighted by Crippen LogP contribution is -2.30. The van der Waals surface area contributed by atoms with E-state index in [9.17, 15) is 9.18 Å². The first-order valence-corrected chi connectivity index (χ1v) is 8.37. The molecule has 1 unspecified atom stereocenters. The number of nitrogens with one attached hydrogen (secondary N) is 1. The van der Waals surface area contributed by atoms with E-state index in [4.69, 9.17) is 25.8 Å². The summed E-state index contributed by atoms with van der Waals surface area (Å²) in [6.45, 7) is 1.57. The van der Waals surface area contributed by atoms with Crippen molar-refractivity contribution in [3.63, 3.8) is 0 Å². The van der Waals surface area contributed by atoms with Gasteiger partial charge in [0.25, 0.3) is 5.91 Å². The molecule has 1 N–H and O–H groups in total. The summed E-state index contributed by atoms with van der Waals surface area (Å²) < 4.78 is 29.4. The summed E-state index contributed by atoms with van der Waals surface area (Å²) in [6.07, 6.45) is -0.840. The Morgan fingerprint density at radius 1 is 1.16 bits per heavy atom. The number of hydrogen-bond acceptors (Lipinski definition) is 4. The minimum Gasteiger partial charge on any atom is -0.495 e. The predicted molar refractivity (Wildman–Crippen MR) is 97.4 cm³/mol. The van der Waals surface area contributed by atoms with Crippen LogP contribution in [-0.2, 0) is 4.79 Å². The zero-order chi connectivity index (χ0) is 18.6. The Bertz CT molecular complexity index is 787. The predicted octanol–water partition coefficient (Wildman–Crippen LogP) is 4.66. The van der Waals surface area contributed by atoms with E-state index in [2.05, 4.69) is 21.2 Å². The third-order valence-electron chi connectivity index (χ3n) is 3.30. The molecule has 1 atom stereocenters. The van der Waals surface area contributed by atoms with Crippen LogP contribution in [0, 0.1) is 5.82 Å². The van der Waals surface area contributed by atoms with E-state index in [0.29, 0.717) is 32.4 Å². The Labute approximate surface area is 158 Å². The van der Waals surface area contributed by atoms with Gasteiger partial charge in [-0.1, -0.05) is 11.6 Å². The van der Waals surface area contributed by atoms with Gasteiger partial charge in [0.2, 0.25) is 0 Å². The quantitative estimate of drug-likeness (QED) is 0.721. The summed E-state index contributed by atoms with van der Waals surface area (Å²) in [5, 5.41) is 3.01. The molecule has 1 amide bonds. The van der Waals surface area contributed by atoms with Crippen molar-refractivity contribution in [3.05, 3.63) is 45.6 Å². The molecule has 0 aliphatic heterocycles. The summed E-state index contributed by atoms with van der Waals surface area (Å²) in [6, 6.07) is 7.04. The standard InChI is InChI=1S/C17H16BrClFNO4/c1-9(25-14-5-4-10(20)6-11(14)18)17(22)21-13-7-12(19)15(23-2)8-16(13)24-3/h4-9H,1-3H3,(H,21,22). The lowest BCUT2D eigenvalue weighted by molar-refractivity contribution is -0.122. The average molecular weight is 433 g/mol. The molecule has 25 heavy (non-hydrogen) atoms. The van der Waals surface area contributed by atoms with Crippen molar-refractivity contribution in [1.82, 2.24) is 0 Å². The van der Waals surface area contributed by atoms with Gasteiger partial charge in [0, 0.05) is 6.07 Å². The summed E-state index contributed by atoms with van der Waals surface area (Å²) in [4.78, 5) is 12.4. The number of methoxy groups -OCH3 is 2. The van der Waals surface area contributed by atoms with E-state index in [0.717, 1.165) is 0 Å². The zero-order valence-corrected chi connectivity index (χ0v) is 16.1. The second kappa shape index (κ2) is 8.40. The highest BCUT2D eigenvalue weighted by molar-refractivity contribution is 9.10. The Morgan fingerprint density at radius 2 is 1.84 bits per heavy atom. The molecule has 0 aliphatic carbocycles. The third-order valence-corrected chi connectivity index (χ3v) is 4.21. The first kappa shape index (κ1) is 19.3. The molecular formula is C17H16BrClFNO4. The Hall–Kier alpha value is -1.99. The van der Waals surface area contributed by atoms with Crippen LogP contribution in [-0.4, -0.2) is 26.2 Å². The fraction of sp³-hybridized carbons (Fsp3) is 0.235. The molecule has 0 spiro atoms. The number of anilines is 1. The van der Waals surface area contributed by atoms with Crippen molar-refractivity contribution in [2.45, 2.75) is 13.0 Å². The number of benzene rings is 2. The summed E-state index contributed by atoms with van der Waals surface area (Å²) in [7, 11) is 2.95. The van der Waals surface area contributed by atoms with Crippen LogP contribution in [0.15, 0.2) is 34.8 Å². The van der Waals surface area contributed by atoms with Crippen molar-refractivity contribution in [2.24, 2.45) is 0 Å². The molecule has 0 aromatic heterocycles. The number of amides is 1. The molecule has 8 heteroatoms. The summed E-state index contributed by atoms with van der Waals surface area (Å²) >= 11 is 9.27. The molecular weight excluding hydrogens is 417 g/mol. The lowest BCUT2D eigenvalue weighted by atomic mass is 10.2. The van der Waals surface area contributed by atoms with Crippen LogP contribution >= 0.6 is 27.5 Å². The maximum absolute atomic E-state index is 13.1. The fourth-order valence-corrected chi connectivity index (χ4v) is 2.69. The van der Waals surface area contributed by atoms with E-state index < -0.39 is 17.8 Å². The molecule has 2 aromatic carbocycles. The molecule has 0 radical (unpaired) electrons. The highest BCUT2D eigenvalue weighted by Crippen LogP contribution is 2.36. The van der Waals surface area contributed by atoms with Crippen LogP contribution in [0.3, 0.4) is 0 Å². The van der Waals surface area contributed by atoms with Crippen LogP contribution in [0.5, 0.6) is 17.2 Å². The molecule has 0 bridgehead atoms. The highest BCUT2D eigenvalue weighted by atomic mass is 79.9. The summed E-state index contributed by atoms with van der Waals surface area (Å²) in [5.74, 6) is 0.342. The van der Waals surface area contributed by atoms with E-state index >= 15 is 0 Å². The minimum atomic E-state index is -0.840. The molecule has 2 aromatic rings. The maximum atomic E-state index is 13.1. The molecule has 134 valence electrons. The van der Waals surface area contributed by atoms with Gasteiger partial charge in [0.1, 0.15) is 23.1 Å². The monoisotopic (exact) mass is 431 g/mol. The molecule has 0 saturated heterocycles. The smallest absolute Gasteiger partial charge is 0.265 e. The Morgan fingerprint density at radius 3 is 2.44 bits per heavy atom. The zero-order valence-electron chi connectivity index (χ0n) is 13.7. The third kappa shape index (κ3) is 4.76. The van der Waals surface area contributed by atoms with E-state index in [1.165, 1.54) is 38.5 Å². The van der Waals surface area contributed by atoms with Crippen molar-refractivity contribution in [3.8, 4) is 17.2 Å². The number of ether oxygens (including phenoxy) is 3. The second-order valence-electron chi connectivity index (χ2n) is 5.01. The van der Waals surface area contributed by atoms with Crippen molar-refractivity contribution in [1.29, 1.82) is 0 Å². The summed E-state index contributed by atoms with van der Waals surface area (Å²) in [5.41, 5.74) is 0.381. The molecule has 5 nitrogen and oxygen atoms in total. The van der Waals surface area contributed by atoms with Gasteiger partial charge in [0.05, 0.1) is 29.4 Å². The van der Waals surface area contributed by atoms with Gasteiger partial charge in [-0.2, -0.15) is 0 Å². The molecule has 0 saturated carbocycles. The fourth-order valence-electron chi connectivity index (χ4n) is 2.01. The topological polar surface area (TPSA) is 56.8 Å². The van der Waals surface area contributed by atoms with Gasteiger partial charge < -0.3 is 19.5 Å².